The van der Waals surface area contributed by atoms with Crippen molar-refractivity contribution in [1.82, 2.24) is 20.8 Å². The number of carbonyl (C=O) groups is 2. The van der Waals surface area contributed by atoms with Gasteiger partial charge in [0, 0.05) is 35.8 Å². The Bertz CT molecular complexity index is 1110. The molecule has 3 aromatic rings. The summed E-state index contributed by atoms with van der Waals surface area (Å²) in [6, 6.07) is 13.1. The highest BCUT2D eigenvalue weighted by Gasteiger charge is 2.22. The van der Waals surface area contributed by atoms with E-state index in [0.29, 0.717) is 17.4 Å². The second-order valence-electron chi connectivity index (χ2n) is 7.08. The van der Waals surface area contributed by atoms with Gasteiger partial charge in [-0.1, -0.05) is 24.3 Å². The zero-order valence-electron chi connectivity index (χ0n) is 17.5. The van der Waals surface area contributed by atoms with Crippen LogP contribution < -0.4 is 16.0 Å². The molecule has 2 aromatic carbocycles. The molecule has 4 N–H and O–H groups in total. The standard InChI is InChI=1S/C12H15N3.C11H9FN2O2/c1-8-4-5-10(7-11(8)13-3)12-6-9(2)14-15-12;12-9-3-1-7(2-4-9)10-8(6-15)5-13-11(16)14-10/h4-7,13H,1-3H3,(H,14,15);1-6,10H,(H2,13,14,16). The zero-order valence-corrected chi connectivity index (χ0v) is 17.5. The van der Waals surface area contributed by atoms with E-state index in [0.717, 1.165) is 22.6 Å². The van der Waals surface area contributed by atoms with Gasteiger partial charge in [0.2, 0.25) is 0 Å². The first-order chi connectivity index (χ1) is 14.9. The molecule has 4 rings (SSSR count). The molecule has 1 atom stereocenters. The van der Waals surface area contributed by atoms with E-state index < -0.39 is 6.04 Å². The minimum Gasteiger partial charge on any atom is -0.388 e. The SMILES string of the molecule is CNc1cc(-c2cc(C)[nH]n2)ccc1C.O=CC1=CNC(=O)NC1c1ccc(F)cc1. The zero-order chi connectivity index (χ0) is 22.4. The Morgan fingerprint density at radius 2 is 1.84 bits per heavy atom. The lowest BCUT2D eigenvalue weighted by molar-refractivity contribution is -0.105. The van der Waals surface area contributed by atoms with E-state index in [1.54, 1.807) is 0 Å². The van der Waals surface area contributed by atoms with Crippen molar-refractivity contribution < 1.29 is 14.0 Å². The Kier molecular flexibility index (Phi) is 6.81. The molecule has 0 saturated heterocycles. The molecule has 8 heteroatoms. The summed E-state index contributed by atoms with van der Waals surface area (Å²) in [5.41, 5.74) is 6.65. The van der Waals surface area contributed by atoms with Gasteiger partial charge in [-0.05, 0) is 49.2 Å². The summed E-state index contributed by atoms with van der Waals surface area (Å²) >= 11 is 0. The van der Waals surface area contributed by atoms with E-state index in [1.807, 2.05) is 20.0 Å². The Hall–Kier alpha value is -3.94. The first kappa shape index (κ1) is 21.8. The molecular weight excluding hydrogens is 397 g/mol. The fourth-order valence-corrected chi connectivity index (χ4v) is 3.14. The second kappa shape index (κ2) is 9.71. The van der Waals surface area contributed by atoms with Crippen LogP contribution in [0.5, 0.6) is 0 Å². The third-order valence-electron chi connectivity index (χ3n) is 4.83. The first-order valence-electron chi connectivity index (χ1n) is 9.69. The molecule has 0 aliphatic carbocycles. The largest absolute Gasteiger partial charge is 0.388 e. The maximum absolute atomic E-state index is 12.7. The van der Waals surface area contributed by atoms with Crippen molar-refractivity contribution in [2.75, 3.05) is 12.4 Å². The van der Waals surface area contributed by atoms with Crippen molar-refractivity contribution in [3.05, 3.63) is 82.9 Å². The number of carbonyl (C=O) groups excluding carboxylic acids is 2. The predicted octanol–water partition coefficient (Wildman–Crippen LogP) is 4.00. The molecular formula is C23H24FN5O2. The van der Waals surface area contributed by atoms with E-state index in [-0.39, 0.29) is 11.8 Å². The average molecular weight is 421 g/mol. The van der Waals surface area contributed by atoms with Crippen molar-refractivity contribution in [2.45, 2.75) is 19.9 Å². The van der Waals surface area contributed by atoms with Gasteiger partial charge in [0.05, 0.1) is 11.7 Å². The first-order valence-corrected chi connectivity index (χ1v) is 9.69. The van der Waals surface area contributed by atoms with E-state index in [4.69, 9.17) is 0 Å². The molecule has 0 radical (unpaired) electrons. The van der Waals surface area contributed by atoms with E-state index in [1.165, 1.54) is 36.0 Å². The number of amides is 2. The molecule has 0 fully saturated rings. The highest BCUT2D eigenvalue weighted by Crippen LogP contribution is 2.24. The Morgan fingerprint density at radius 1 is 1.10 bits per heavy atom. The van der Waals surface area contributed by atoms with Crippen LogP contribution in [-0.4, -0.2) is 29.6 Å². The van der Waals surface area contributed by atoms with E-state index in [2.05, 4.69) is 51.3 Å². The van der Waals surface area contributed by atoms with E-state index in [9.17, 15) is 14.0 Å². The minimum absolute atomic E-state index is 0.361. The quantitative estimate of drug-likeness (QED) is 0.479. The minimum atomic E-state index is -0.521. The number of urea groups is 1. The molecule has 0 bridgehead atoms. The Balaban J connectivity index is 0.000000176. The Morgan fingerprint density at radius 3 is 2.45 bits per heavy atom. The number of aryl methyl sites for hydroxylation is 2. The summed E-state index contributed by atoms with van der Waals surface area (Å²) in [7, 11) is 1.93. The van der Waals surface area contributed by atoms with Crippen molar-refractivity contribution in [1.29, 1.82) is 0 Å². The lowest BCUT2D eigenvalue weighted by atomic mass is 9.99. The van der Waals surface area contributed by atoms with Gasteiger partial charge in [0.15, 0.2) is 0 Å². The van der Waals surface area contributed by atoms with Gasteiger partial charge in [-0.2, -0.15) is 5.10 Å². The van der Waals surface area contributed by atoms with Gasteiger partial charge < -0.3 is 16.0 Å². The third kappa shape index (κ3) is 5.36. The van der Waals surface area contributed by atoms with Crippen LogP contribution in [-0.2, 0) is 4.79 Å². The number of nitrogens with one attached hydrogen (secondary N) is 4. The maximum atomic E-state index is 12.7. The number of H-pyrrole nitrogens is 1. The topological polar surface area (TPSA) is 98.9 Å². The number of nitrogens with zero attached hydrogens (tertiary/aromatic N) is 1. The molecule has 0 saturated carbocycles. The molecule has 1 aliphatic heterocycles. The molecule has 2 heterocycles. The van der Waals surface area contributed by atoms with Gasteiger partial charge >= 0.3 is 6.03 Å². The number of aromatic amines is 1. The van der Waals surface area contributed by atoms with Crippen molar-refractivity contribution in [2.24, 2.45) is 0 Å². The van der Waals surface area contributed by atoms with Crippen LogP contribution in [0.15, 0.2) is 60.3 Å². The number of hydrogen-bond donors (Lipinski definition) is 4. The molecule has 0 spiro atoms. The summed E-state index contributed by atoms with van der Waals surface area (Å²) in [6.45, 7) is 4.09. The fourth-order valence-electron chi connectivity index (χ4n) is 3.14. The molecule has 7 nitrogen and oxygen atoms in total. The molecule has 31 heavy (non-hydrogen) atoms. The number of benzene rings is 2. The number of aromatic nitrogens is 2. The van der Waals surface area contributed by atoms with Gasteiger partial charge in [-0.25, -0.2) is 9.18 Å². The van der Waals surface area contributed by atoms with Crippen molar-refractivity contribution in [3.63, 3.8) is 0 Å². The monoisotopic (exact) mass is 421 g/mol. The van der Waals surface area contributed by atoms with Crippen LogP contribution in [0.4, 0.5) is 14.9 Å². The van der Waals surface area contributed by atoms with Crippen LogP contribution in [0, 0.1) is 19.7 Å². The average Bonchev–Trinajstić information content (AvgIpc) is 3.21. The number of aldehydes is 1. The maximum Gasteiger partial charge on any atom is 0.319 e. The summed E-state index contributed by atoms with van der Waals surface area (Å²) in [5, 5.41) is 15.3. The van der Waals surface area contributed by atoms with Crippen LogP contribution in [0.2, 0.25) is 0 Å². The molecule has 2 amide bonds. The Labute approximate surface area is 179 Å². The fraction of sp³-hybridized carbons (Fsp3) is 0.174. The highest BCUT2D eigenvalue weighted by atomic mass is 19.1. The summed E-state index contributed by atoms with van der Waals surface area (Å²) in [4.78, 5) is 21.9. The smallest absolute Gasteiger partial charge is 0.319 e. The summed E-state index contributed by atoms with van der Waals surface area (Å²) in [6.07, 6.45) is 2.00. The van der Waals surface area contributed by atoms with Crippen molar-refractivity contribution >= 4 is 18.0 Å². The van der Waals surface area contributed by atoms with Crippen LogP contribution >= 0.6 is 0 Å². The highest BCUT2D eigenvalue weighted by molar-refractivity contribution is 5.85. The van der Waals surface area contributed by atoms with E-state index >= 15 is 0 Å². The van der Waals surface area contributed by atoms with Gasteiger partial charge in [0.1, 0.15) is 12.1 Å². The molecule has 160 valence electrons. The summed E-state index contributed by atoms with van der Waals surface area (Å²) in [5.74, 6) is -0.361. The normalized spacial score (nSPS) is 15.0. The number of anilines is 1. The van der Waals surface area contributed by atoms with Crippen LogP contribution in [0.1, 0.15) is 22.9 Å². The number of rotatable bonds is 4. The second-order valence-corrected chi connectivity index (χ2v) is 7.08. The molecule has 1 aliphatic rings. The van der Waals surface area contributed by atoms with Gasteiger partial charge in [-0.3, -0.25) is 9.89 Å². The lowest BCUT2D eigenvalue weighted by Gasteiger charge is -2.23. The number of halogens is 1. The van der Waals surface area contributed by atoms with Gasteiger partial charge in [0.25, 0.3) is 0 Å². The number of hydrogen-bond acceptors (Lipinski definition) is 4. The lowest BCUT2D eigenvalue weighted by Crippen LogP contribution is -2.41. The van der Waals surface area contributed by atoms with Crippen molar-refractivity contribution in [3.8, 4) is 11.3 Å². The van der Waals surface area contributed by atoms with Gasteiger partial charge in [-0.15, -0.1) is 0 Å². The van der Waals surface area contributed by atoms with Crippen LogP contribution in [0.3, 0.4) is 0 Å². The summed E-state index contributed by atoms with van der Waals surface area (Å²) < 4.78 is 12.7. The molecule has 1 unspecified atom stereocenters. The predicted molar refractivity (Wildman–Crippen MR) is 118 cm³/mol. The molecule has 1 aromatic heterocycles. The van der Waals surface area contributed by atoms with Crippen LogP contribution in [0.25, 0.3) is 11.3 Å². The third-order valence-corrected chi connectivity index (χ3v) is 4.83.